The molecule has 1 aromatic rings. The van der Waals surface area contributed by atoms with Crippen LogP contribution in [0.5, 0.6) is 0 Å². The van der Waals surface area contributed by atoms with Crippen LogP contribution < -0.4 is 5.73 Å². The zero-order valence-corrected chi connectivity index (χ0v) is 15.7. The smallest absolute Gasteiger partial charge is 0.227 e. The molecular weight excluding hydrogens is 320 g/mol. The maximum Gasteiger partial charge on any atom is 0.227 e. The van der Waals surface area contributed by atoms with E-state index in [0.717, 1.165) is 45.2 Å². The maximum atomic E-state index is 13.0. The molecule has 24 heavy (non-hydrogen) atoms. The van der Waals surface area contributed by atoms with Gasteiger partial charge in [0, 0.05) is 18.6 Å². The molecular formula is C20H31ClN2O. The van der Waals surface area contributed by atoms with E-state index in [2.05, 4.69) is 49.1 Å². The molecule has 0 radical (unpaired) electrons. The van der Waals surface area contributed by atoms with Crippen molar-refractivity contribution in [2.45, 2.75) is 57.4 Å². The van der Waals surface area contributed by atoms with Gasteiger partial charge in [0.15, 0.2) is 0 Å². The normalized spacial score (nSPS) is 33.6. The number of hydrogen-bond acceptors (Lipinski definition) is 2. The van der Waals surface area contributed by atoms with Crippen LogP contribution in [0.2, 0.25) is 0 Å². The molecule has 1 aliphatic heterocycles. The third kappa shape index (κ3) is 3.94. The summed E-state index contributed by atoms with van der Waals surface area (Å²) in [7, 11) is 0. The first kappa shape index (κ1) is 19.3. The first-order valence-corrected chi connectivity index (χ1v) is 9.11. The van der Waals surface area contributed by atoms with E-state index in [1.807, 2.05) is 0 Å². The van der Waals surface area contributed by atoms with Crippen LogP contribution in [0.3, 0.4) is 0 Å². The van der Waals surface area contributed by atoms with Crippen LogP contribution >= 0.6 is 12.4 Å². The van der Waals surface area contributed by atoms with Crippen molar-refractivity contribution >= 4 is 18.3 Å². The van der Waals surface area contributed by atoms with Crippen molar-refractivity contribution in [2.75, 3.05) is 13.1 Å². The third-order valence-corrected chi connectivity index (χ3v) is 6.00. The van der Waals surface area contributed by atoms with Crippen molar-refractivity contribution in [2.24, 2.45) is 17.6 Å². The van der Waals surface area contributed by atoms with E-state index in [0.29, 0.717) is 17.7 Å². The van der Waals surface area contributed by atoms with Crippen molar-refractivity contribution in [1.29, 1.82) is 0 Å². The Labute approximate surface area is 152 Å². The highest BCUT2D eigenvalue weighted by atomic mass is 35.5. The molecule has 1 saturated carbocycles. The quantitative estimate of drug-likeness (QED) is 0.877. The van der Waals surface area contributed by atoms with Gasteiger partial charge in [0.2, 0.25) is 5.91 Å². The number of halogens is 1. The molecule has 2 N–H and O–H groups in total. The van der Waals surface area contributed by atoms with Crippen molar-refractivity contribution < 1.29 is 4.79 Å². The van der Waals surface area contributed by atoms with Crippen LogP contribution in [0.25, 0.3) is 0 Å². The zero-order valence-electron chi connectivity index (χ0n) is 14.9. The van der Waals surface area contributed by atoms with Crippen LogP contribution in [0.1, 0.15) is 57.4 Å². The van der Waals surface area contributed by atoms with Gasteiger partial charge in [-0.25, -0.2) is 0 Å². The van der Waals surface area contributed by atoms with Crippen molar-refractivity contribution in [3.05, 3.63) is 35.9 Å². The standard InChI is InChI=1S/C20H30N2O.ClH/c1-15-14-22(13-11-17(15)16-8-4-3-5-9-16)19(23)18-10-6-7-12-20(18,2)21;/h3-5,8-9,15,17-18H,6-7,10-14,21H2,1-2H3;1H. The van der Waals surface area contributed by atoms with E-state index in [-0.39, 0.29) is 23.9 Å². The summed E-state index contributed by atoms with van der Waals surface area (Å²) in [5.41, 5.74) is 7.52. The molecule has 4 atom stereocenters. The van der Waals surface area contributed by atoms with Crippen LogP contribution in [-0.4, -0.2) is 29.4 Å². The lowest BCUT2D eigenvalue weighted by Crippen LogP contribution is -2.55. The van der Waals surface area contributed by atoms with Gasteiger partial charge < -0.3 is 10.6 Å². The fourth-order valence-electron chi connectivity index (χ4n) is 4.53. The Hall–Kier alpha value is -1.06. The lowest BCUT2D eigenvalue weighted by atomic mass is 9.73. The number of nitrogens with two attached hydrogens (primary N) is 1. The fourth-order valence-corrected chi connectivity index (χ4v) is 4.53. The van der Waals surface area contributed by atoms with E-state index in [9.17, 15) is 4.79 Å². The SMILES string of the molecule is CC1CN(C(=O)C2CCCCC2(C)N)CCC1c1ccccc1.Cl. The van der Waals surface area contributed by atoms with Crippen LogP contribution in [0, 0.1) is 11.8 Å². The fraction of sp³-hybridized carbons (Fsp3) is 0.650. The number of benzene rings is 1. The van der Waals surface area contributed by atoms with E-state index in [1.165, 1.54) is 5.56 Å². The van der Waals surface area contributed by atoms with E-state index < -0.39 is 0 Å². The summed E-state index contributed by atoms with van der Waals surface area (Å²) >= 11 is 0. The highest BCUT2D eigenvalue weighted by molar-refractivity contribution is 5.85. The molecule has 1 heterocycles. The summed E-state index contributed by atoms with van der Waals surface area (Å²) in [6, 6.07) is 10.7. The van der Waals surface area contributed by atoms with Gasteiger partial charge in [0.25, 0.3) is 0 Å². The molecule has 2 aliphatic rings. The lowest BCUT2D eigenvalue weighted by molar-refractivity contribution is -0.141. The molecule has 1 saturated heterocycles. The second kappa shape index (κ2) is 7.88. The molecule has 3 rings (SSSR count). The van der Waals surface area contributed by atoms with Gasteiger partial charge in [-0.05, 0) is 43.6 Å². The van der Waals surface area contributed by atoms with Gasteiger partial charge in [-0.3, -0.25) is 4.79 Å². The molecule has 1 aliphatic carbocycles. The summed E-state index contributed by atoms with van der Waals surface area (Å²) in [4.78, 5) is 15.1. The highest BCUT2D eigenvalue weighted by Gasteiger charge is 2.41. The van der Waals surface area contributed by atoms with Gasteiger partial charge >= 0.3 is 0 Å². The van der Waals surface area contributed by atoms with Crippen molar-refractivity contribution in [3.8, 4) is 0 Å². The molecule has 1 aromatic carbocycles. The summed E-state index contributed by atoms with van der Waals surface area (Å²) < 4.78 is 0. The molecule has 3 nitrogen and oxygen atoms in total. The summed E-state index contributed by atoms with van der Waals surface area (Å²) in [6.07, 6.45) is 5.28. The van der Waals surface area contributed by atoms with Crippen LogP contribution in [0.15, 0.2) is 30.3 Å². The summed E-state index contributed by atoms with van der Waals surface area (Å²) in [5.74, 6) is 1.38. The second-order valence-corrected chi connectivity index (χ2v) is 7.87. The topological polar surface area (TPSA) is 46.3 Å². The number of carbonyl (C=O) groups is 1. The van der Waals surface area contributed by atoms with Gasteiger partial charge in [-0.15, -0.1) is 12.4 Å². The Morgan fingerprint density at radius 3 is 2.54 bits per heavy atom. The number of hydrogen-bond donors (Lipinski definition) is 1. The van der Waals surface area contributed by atoms with Gasteiger partial charge in [-0.2, -0.15) is 0 Å². The average molecular weight is 351 g/mol. The lowest BCUT2D eigenvalue weighted by Gasteiger charge is -2.43. The maximum absolute atomic E-state index is 13.0. The van der Waals surface area contributed by atoms with E-state index in [4.69, 9.17) is 5.73 Å². The largest absolute Gasteiger partial charge is 0.342 e. The molecule has 2 fully saturated rings. The van der Waals surface area contributed by atoms with Gasteiger partial charge in [0.1, 0.15) is 0 Å². The van der Waals surface area contributed by atoms with Crippen molar-refractivity contribution in [3.63, 3.8) is 0 Å². The van der Waals surface area contributed by atoms with Crippen LogP contribution in [0.4, 0.5) is 0 Å². The first-order chi connectivity index (χ1) is 11.0. The molecule has 134 valence electrons. The number of amides is 1. The number of nitrogens with zero attached hydrogens (tertiary/aromatic N) is 1. The number of rotatable bonds is 2. The monoisotopic (exact) mass is 350 g/mol. The Bertz CT molecular complexity index is 546. The summed E-state index contributed by atoms with van der Waals surface area (Å²) in [6.45, 7) is 6.08. The van der Waals surface area contributed by atoms with E-state index in [1.54, 1.807) is 0 Å². The molecule has 4 unspecified atom stereocenters. The predicted octanol–water partition coefficient (Wildman–Crippen LogP) is 3.97. The molecule has 1 amide bonds. The minimum atomic E-state index is -0.325. The van der Waals surface area contributed by atoms with Crippen LogP contribution in [-0.2, 0) is 4.79 Å². The second-order valence-electron chi connectivity index (χ2n) is 7.87. The minimum absolute atomic E-state index is 0. The molecule has 0 spiro atoms. The zero-order chi connectivity index (χ0) is 16.4. The summed E-state index contributed by atoms with van der Waals surface area (Å²) in [5, 5.41) is 0. The number of carbonyl (C=O) groups excluding carboxylic acids is 1. The number of piperidine rings is 1. The Morgan fingerprint density at radius 2 is 1.92 bits per heavy atom. The Kier molecular flexibility index (Phi) is 6.33. The Balaban J connectivity index is 0.00000208. The predicted molar refractivity (Wildman–Crippen MR) is 101 cm³/mol. The van der Waals surface area contributed by atoms with Crippen molar-refractivity contribution in [1.82, 2.24) is 4.90 Å². The Morgan fingerprint density at radius 1 is 1.21 bits per heavy atom. The average Bonchev–Trinajstić information content (AvgIpc) is 2.54. The van der Waals surface area contributed by atoms with Gasteiger partial charge in [0.05, 0.1) is 5.92 Å². The molecule has 4 heteroatoms. The van der Waals surface area contributed by atoms with Gasteiger partial charge in [-0.1, -0.05) is 50.1 Å². The van der Waals surface area contributed by atoms with E-state index >= 15 is 0 Å². The molecule has 0 bridgehead atoms. The molecule has 0 aromatic heterocycles. The first-order valence-electron chi connectivity index (χ1n) is 9.11. The third-order valence-electron chi connectivity index (χ3n) is 6.00. The highest BCUT2D eigenvalue weighted by Crippen LogP contribution is 2.36. The minimum Gasteiger partial charge on any atom is -0.342 e. The number of likely N-dealkylation sites (tertiary alicyclic amines) is 1.